The third-order valence-corrected chi connectivity index (χ3v) is 6.33. The molecule has 2 atom stereocenters. The van der Waals surface area contributed by atoms with Crippen molar-refractivity contribution in [1.29, 1.82) is 0 Å². The van der Waals surface area contributed by atoms with Crippen molar-refractivity contribution in [2.75, 3.05) is 23.9 Å². The SMILES string of the molecule is COCC(=O)Nc1ccc(N2C(=S)NC(c3ccccn3)C2c2cccn2-c2ccc(O)cc2)cc1. The second-order valence-electron chi connectivity index (χ2n) is 8.34. The Morgan fingerprint density at radius 1 is 1.06 bits per heavy atom. The van der Waals surface area contributed by atoms with Gasteiger partial charge in [-0.05, 0) is 85.0 Å². The second kappa shape index (κ2) is 10.2. The Bertz CT molecular complexity index is 1360. The third-order valence-electron chi connectivity index (χ3n) is 6.01. The number of aromatic nitrogens is 2. The molecule has 0 aliphatic carbocycles. The van der Waals surface area contributed by atoms with Gasteiger partial charge in [0.05, 0.1) is 11.7 Å². The third kappa shape index (κ3) is 4.66. The Balaban J connectivity index is 1.55. The summed E-state index contributed by atoms with van der Waals surface area (Å²) in [5, 5.41) is 16.6. The molecule has 0 spiro atoms. The van der Waals surface area contributed by atoms with E-state index in [2.05, 4.69) is 31.2 Å². The number of nitrogens with zero attached hydrogens (tertiary/aromatic N) is 3. The van der Waals surface area contributed by atoms with E-state index in [1.54, 1.807) is 18.3 Å². The first-order chi connectivity index (χ1) is 17.5. The van der Waals surface area contributed by atoms with Crippen LogP contribution in [0.5, 0.6) is 5.75 Å². The number of thiocarbonyl (C=S) groups is 1. The van der Waals surface area contributed by atoms with Crippen molar-refractivity contribution in [3.05, 3.63) is 103 Å². The Labute approximate surface area is 214 Å². The predicted molar refractivity (Wildman–Crippen MR) is 142 cm³/mol. The summed E-state index contributed by atoms with van der Waals surface area (Å²) in [6.45, 7) is -0.00996. The lowest BCUT2D eigenvalue weighted by Gasteiger charge is -2.29. The highest BCUT2D eigenvalue weighted by Gasteiger charge is 2.42. The molecule has 1 amide bonds. The van der Waals surface area contributed by atoms with E-state index in [0.717, 1.165) is 22.8 Å². The number of hydrogen-bond donors (Lipinski definition) is 3. The molecule has 1 saturated heterocycles. The molecule has 0 radical (unpaired) electrons. The number of phenols is 1. The average molecular weight is 500 g/mol. The minimum atomic E-state index is -0.219. The van der Waals surface area contributed by atoms with Gasteiger partial charge >= 0.3 is 0 Å². The Morgan fingerprint density at radius 2 is 1.81 bits per heavy atom. The number of amides is 1. The molecule has 1 aliphatic heterocycles. The van der Waals surface area contributed by atoms with Crippen LogP contribution in [0.2, 0.25) is 0 Å². The minimum Gasteiger partial charge on any atom is -0.508 e. The molecule has 1 fully saturated rings. The highest BCUT2D eigenvalue weighted by molar-refractivity contribution is 7.80. The number of nitrogens with one attached hydrogen (secondary N) is 2. The lowest BCUT2D eigenvalue weighted by molar-refractivity contribution is -0.119. The van der Waals surface area contributed by atoms with Gasteiger partial charge in [0.25, 0.3) is 0 Å². The first-order valence-corrected chi connectivity index (χ1v) is 11.8. The lowest BCUT2D eigenvalue weighted by Crippen LogP contribution is -2.30. The van der Waals surface area contributed by atoms with E-state index in [-0.39, 0.29) is 30.3 Å². The molecule has 36 heavy (non-hydrogen) atoms. The van der Waals surface area contributed by atoms with Crippen molar-refractivity contribution in [3.63, 3.8) is 0 Å². The van der Waals surface area contributed by atoms with Gasteiger partial charge in [0.2, 0.25) is 5.91 Å². The number of anilines is 2. The van der Waals surface area contributed by atoms with E-state index in [0.29, 0.717) is 10.8 Å². The van der Waals surface area contributed by atoms with Crippen molar-refractivity contribution in [2.45, 2.75) is 12.1 Å². The number of hydrogen-bond acceptors (Lipinski definition) is 5. The molecule has 2 aromatic carbocycles. The summed E-state index contributed by atoms with van der Waals surface area (Å²) in [6, 6.07) is 24.1. The largest absolute Gasteiger partial charge is 0.508 e. The van der Waals surface area contributed by atoms with Gasteiger partial charge in [-0.15, -0.1) is 0 Å². The fourth-order valence-corrected chi connectivity index (χ4v) is 4.80. The number of pyridine rings is 1. The summed E-state index contributed by atoms with van der Waals surface area (Å²) in [4.78, 5) is 18.6. The van der Waals surface area contributed by atoms with Crippen LogP contribution in [0.4, 0.5) is 11.4 Å². The molecular formula is C27H25N5O3S. The molecule has 1 aliphatic rings. The number of aromatic hydroxyl groups is 1. The summed E-state index contributed by atoms with van der Waals surface area (Å²) in [6.07, 6.45) is 3.77. The van der Waals surface area contributed by atoms with E-state index in [9.17, 15) is 9.90 Å². The summed E-state index contributed by atoms with van der Waals surface area (Å²) in [5.41, 5.74) is 4.33. The molecule has 3 heterocycles. The molecule has 3 N–H and O–H groups in total. The Kier molecular flexibility index (Phi) is 6.66. The van der Waals surface area contributed by atoms with Gasteiger partial charge in [0, 0.05) is 42.3 Å². The first-order valence-electron chi connectivity index (χ1n) is 11.4. The summed E-state index contributed by atoms with van der Waals surface area (Å²) < 4.78 is 6.98. The molecule has 9 heteroatoms. The monoisotopic (exact) mass is 499 g/mol. The van der Waals surface area contributed by atoms with Gasteiger partial charge in [-0.1, -0.05) is 6.07 Å². The van der Waals surface area contributed by atoms with Crippen molar-refractivity contribution >= 4 is 34.6 Å². The van der Waals surface area contributed by atoms with E-state index in [4.69, 9.17) is 17.0 Å². The number of carbonyl (C=O) groups excluding carboxylic acids is 1. The van der Waals surface area contributed by atoms with Gasteiger partial charge in [0.15, 0.2) is 5.11 Å². The number of benzene rings is 2. The number of carbonyl (C=O) groups is 1. The maximum Gasteiger partial charge on any atom is 0.250 e. The molecule has 0 saturated carbocycles. The number of methoxy groups -OCH3 is 1. The average Bonchev–Trinajstić information content (AvgIpc) is 3.50. The van der Waals surface area contributed by atoms with Crippen LogP contribution < -0.4 is 15.5 Å². The van der Waals surface area contributed by atoms with Crippen LogP contribution in [0.25, 0.3) is 5.69 Å². The zero-order chi connectivity index (χ0) is 25.1. The summed E-state index contributed by atoms with van der Waals surface area (Å²) >= 11 is 5.82. The Hall–Kier alpha value is -4.21. The van der Waals surface area contributed by atoms with E-state index in [1.807, 2.05) is 66.9 Å². The topological polar surface area (TPSA) is 91.7 Å². The zero-order valence-electron chi connectivity index (χ0n) is 19.5. The van der Waals surface area contributed by atoms with Gasteiger partial charge in [-0.3, -0.25) is 9.78 Å². The van der Waals surface area contributed by atoms with Crippen LogP contribution in [-0.2, 0) is 9.53 Å². The van der Waals surface area contributed by atoms with Crippen LogP contribution in [0.1, 0.15) is 23.5 Å². The molecule has 2 unspecified atom stereocenters. The summed E-state index contributed by atoms with van der Waals surface area (Å²) in [5.74, 6) is -0.00902. The van der Waals surface area contributed by atoms with Gasteiger partial charge in [0.1, 0.15) is 18.4 Å². The van der Waals surface area contributed by atoms with Crippen LogP contribution >= 0.6 is 12.2 Å². The second-order valence-corrected chi connectivity index (χ2v) is 8.73. The smallest absolute Gasteiger partial charge is 0.250 e. The van der Waals surface area contributed by atoms with Crippen LogP contribution in [0.3, 0.4) is 0 Å². The molecular weight excluding hydrogens is 474 g/mol. The van der Waals surface area contributed by atoms with Crippen molar-refractivity contribution in [1.82, 2.24) is 14.9 Å². The molecule has 0 bridgehead atoms. The maximum atomic E-state index is 11.9. The standard InChI is InChI=1S/C27H25N5O3S/c1-35-17-24(34)29-18-7-9-20(10-8-18)32-26(25(30-27(32)36)22-5-2-3-15-28-22)23-6-4-16-31(23)19-11-13-21(33)14-12-19/h2-16,25-26,33H,17H2,1H3,(H,29,34)(H,30,36). The molecule has 8 nitrogen and oxygen atoms in total. The van der Waals surface area contributed by atoms with Crippen LogP contribution in [0, 0.1) is 0 Å². The highest BCUT2D eigenvalue weighted by atomic mass is 32.1. The van der Waals surface area contributed by atoms with Gasteiger partial charge in [-0.2, -0.15) is 0 Å². The van der Waals surface area contributed by atoms with Crippen molar-refractivity contribution in [3.8, 4) is 11.4 Å². The quantitative estimate of drug-likeness (QED) is 0.326. The van der Waals surface area contributed by atoms with Crippen LogP contribution in [-0.4, -0.2) is 39.4 Å². The normalized spacial score (nSPS) is 17.1. The fraction of sp³-hybridized carbons (Fsp3) is 0.148. The fourth-order valence-electron chi connectivity index (χ4n) is 4.45. The van der Waals surface area contributed by atoms with Gasteiger partial charge in [-0.25, -0.2) is 0 Å². The van der Waals surface area contributed by atoms with Crippen molar-refractivity contribution < 1.29 is 14.6 Å². The molecule has 2 aromatic heterocycles. The Morgan fingerprint density at radius 3 is 2.50 bits per heavy atom. The first kappa shape index (κ1) is 23.5. The predicted octanol–water partition coefficient (Wildman–Crippen LogP) is 4.34. The van der Waals surface area contributed by atoms with E-state index in [1.165, 1.54) is 7.11 Å². The lowest BCUT2D eigenvalue weighted by atomic mass is 10.0. The minimum absolute atomic E-state index is 0.00996. The maximum absolute atomic E-state index is 11.9. The molecule has 5 rings (SSSR count). The number of ether oxygens (including phenoxy) is 1. The van der Waals surface area contributed by atoms with Crippen LogP contribution in [0.15, 0.2) is 91.3 Å². The van der Waals surface area contributed by atoms with E-state index < -0.39 is 0 Å². The highest BCUT2D eigenvalue weighted by Crippen LogP contribution is 2.42. The molecule has 4 aromatic rings. The summed E-state index contributed by atoms with van der Waals surface area (Å²) in [7, 11) is 1.48. The molecule has 182 valence electrons. The van der Waals surface area contributed by atoms with E-state index >= 15 is 0 Å². The number of rotatable bonds is 7. The van der Waals surface area contributed by atoms with Gasteiger partial charge < -0.3 is 29.9 Å². The number of phenolic OH excluding ortho intramolecular Hbond substituents is 1. The zero-order valence-corrected chi connectivity index (χ0v) is 20.4. The van der Waals surface area contributed by atoms with Crippen molar-refractivity contribution in [2.24, 2.45) is 0 Å².